The smallest absolute Gasteiger partial charge is 0.310 e. The molecule has 1 aliphatic heterocycles. The lowest BCUT2D eigenvalue weighted by Gasteiger charge is -2.28. The fraction of sp³-hybridized carbons (Fsp3) is 0.538. The molecule has 2 atom stereocenters. The van der Waals surface area contributed by atoms with E-state index in [4.69, 9.17) is 4.74 Å². The van der Waals surface area contributed by atoms with Gasteiger partial charge in [-0.3, -0.25) is 10.1 Å². The van der Waals surface area contributed by atoms with Gasteiger partial charge in [0.05, 0.1) is 11.0 Å². The van der Waals surface area contributed by atoms with Crippen LogP contribution >= 0.6 is 0 Å². The van der Waals surface area contributed by atoms with E-state index >= 15 is 0 Å². The Balaban J connectivity index is 2.37. The molecule has 1 heterocycles. The summed E-state index contributed by atoms with van der Waals surface area (Å²) in [5.74, 6) is 0. The number of hydrogen-bond acceptors (Lipinski definition) is 6. The number of sulfone groups is 1. The molecule has 2 unspecified atom stereocenters. The summed E-state index contributed by atoms with van der Waals surface area (Å²) < 4.78 is 28.8. The summed E-state index contributed by atoms with van der Waals surface area (Å²) in [4.78, 5) is 10.4. The Morgan fingerprint density at radius 3 is 2.71 bits per heavy atom. The number of para-hydroxylation sites is 1. The molecule has 21 heavy (non-hydrogen) atoms. The van der Waals surface area contributed by atoms with Crippen LogP contribution < -0.4 is 5.32 Å². The molecule has 0 amide bonds. The van der Waals surface area contributed by atoms with Crippen LogP contribution in [0.5, 0.6) is 0 Å². The van der Waals surface area contributed by atoms with Crippen molar-refractivity contribution >= 4 is 21.2 Å². The van der Waals surface area contributed by atoms with Gasteiger partial charge in [0.25, 0.3) is 0 Å². The highest BCUT2D eigenvalue weighted by Gasteiger charge is 2.28. The van der Waals surface area contributed by atoms with Crippen molar-refractivity contribution in [2.75, 3.05) is 18.2 Å². The Kier molecular flexibility index (Phi) is 4.48. The molecule has 1 N–H and O–H groups in total. The van der Waals surface area contributed by atoms with Crippen molar-refractivity contribution in [1.29, 1.82) is 0 Å². The van der Waals surface area contributed by atoms with Gasteiger partial charge in [0.1, 0.15) is 10.6 Å². The highest BCUT2D eigenvalue weighted by Crippen LogP contribution is 2.33. The van der Waals surface area contributed by atoms with Crippen molar-refractivity contribution in [2.45, 2.75) is 36.8 Å². The normalized spacial score (nSPS) is 22.8. The number of nitro benzene ring substituents is 1. The van der Waals surface area contributed by atoms with E-state index in [1.807, 2.05) is 6.92 Å². The van der Waals surface area contributed by atoms with Crippen LogP contribution in [0.2, 0.25) is 0 Å². The molecule has 7 nitrogen and oxygen atoms in total. The SMILES string of the molecule is CC1CC(Nc2cccc(S(C)(=O)=O)c2[N+](=O)[O-])CCO1. The maximum absolute atomic E-state index is 11.7. The number of ether oxygens (including phenoxy) is 1. The quantitative estimate of drug-likeness (QED) is 0.674. The third kappa shape index (κ3) is 3.70. The topological polar surface area (TPSA) is 98.5 Å². The van der Waals surface area contributed by atoms with Crippen LogP contribution in [0.1, 0.15) is 19.8 Å². The minimum Gasteiger partial charge on any atom is -0.378 e. The Morgan fingerprint density at radius 2 is 2.14 bits per heavy atom. The number of rotatable bonds is 4. The van der Waals surface area contributed by atoms with Crippen molar-refractivity contribution in [2.24, 2.45) is 0 Å². The Hall–Kier alpha value is -1.67. The molecule has 0 bridgehead atoms. The molecule has 1 fully saturated rings. The van der Waals surface area contributed by atoms with Crippen molar-refractivity contribution in [1.82, 2.24) is 0 Å². The van der Waals surface area contributed by atoms with Gasteiger partial charge in [-0.15, -0.1) is 0 Å². The molecule has 0 spiro atoms. The van der Waals surface area contributed by atoms with Crippen LogP contribution in [0.15, 0.2) is 23.1 Å². The van der Waals surface area contributed by atoms with Crippen LogP contribution in [0.3, 0.4) is 0 Å². The zero-order valence-corrected chi connectivity index (χ0v) is 12.7. The fourth-order valence-electron chi connectivity index (χ4n) is 2.48. The van der Waals surface area contributed by atoms with Crippen molar-refractivity contribution < 1.29 is 18.1 Å². The minimum atomic E-state index is -3.66. The van der Waals surface area contributed by atoms with Gasteiger partial charge in [-0.05, 0) is 31.9 Å². The number of benzene rings is 1. The van der Waals surface area contributed by atoms with Crippen molar-refractivity contribution in [3.05, 3.63) is 28.3 Å². The predicted octanol–water partition coefficient (Wildman–Crippen LogP) is 1.98. The second-order valence-electron chi connectivity index (χ2n) is 5.23. The first-order valence-electron chi connectivity index (χ1n) is 6.64. The highest BCUT2D eigenvalue weighted by molar-refractivity contribution is 7.90. The van der Waals surface area contributed by atoms with Crippen LogP contribution in [0.4, 0.5) is 11.4 Å². The fourth-order valence-corrected chi connectivity index (χ4v) is 3.34. The molecule has 0 aromatic heterocycles. The third-order valence-corrected chi connectivity index (χ3v) is 4.55. The summed E-state index contributed by atoms with van der Waals surface area (Å²) in [5, 5.41) is 14.4. The number of anilines is 1. The first-order valence-corrected chi connectivity index (χ1v) is 8.54. The van der Waals surface area contributed by atoms with Crippen molar-refractivity contribution in [3.63, 3.8) is 0 Å². The van der Waals surface area contributed by atoms with E-state index < -0.39 is 14.8 Å². The summed E-state index contributed by atoms with van der Waals surface area (Å²) in [6.45, 7) is 2.52. The van der Waals surface area contributed by atoms with Gasteiger partial charge in [-0.2, -0.15) is 0 Å². The predicted molar refractivity (Wildman–Crippen MR) is 78.3 cm³/mol. The van der Waals surface area contributed by atoms with Crippen LogP contribution in [0, 0.1) is 10.1 Å². The van der Waals surface area contributed by atoms with Gasteiger partial charge >= 0.3 is 5.69 Å². The first-order chi connectivity index (χ1) is 9.79. The molecule has 2 rings (SSSR count). The molecule has 116 valence electrons. The van der Waals surface area contributed by atoms with Gasteiger partial charge in [0, 0.05) is 18.9 Å². The lowest BCUT2D eigenvalue weighted by atomic mass is 10.0. The third-order valence-electron chi connectivity index (χ3n) is 3.43. The van der Waals surface area contributed by atoms with E-state index in [0.29, 0.717) is 6.61 Å². The van der Waals surface area contributed by atoms with E-state index in [9.17, 15) is 18.5 Å². The van der Waals surface area contributed by atoms with Gasteiger partial charge < -0.3 is 10.1 Å². The molecule has 0 saturated carbocycles. The molecule has 8 heteroatoms. The molecular formula is C13H18N2O5S. The second kappa shape index (κ2) is 5.98. The van der Waals surface area contributed by atoms with E-state index in [0.717, 1.165) is 19.1 Å². The number of nitrogens with one attached hydrogen (secondary N) is 1. The van der Waals surface area contributed by atoms with Crippen molar-refractivity contribution in [3.8, 4) is 0 Å². The van der Waals surface area contributed by atoms with Gasteiger partial charge in [0.2, 0.25) is 0 Å². The molecule has 0 aliphatic carbocycles. The maximum Gasteiger partial charge on any atom is 0.310 e. The summed E-state index contributed by atoms with van der Waals surface area (Å²) in [5.41, 5.74) is -0.152. The Bertz CT molecular complexity index is 644. The molecule has 0 radical (unpaired) electrons. The second-order valence-corrected chi connectivity index (χ2v) is 7.21. The number of hydrogen-bond donors (Lipinski definition) is 1. The van der Waals surface area contributed by atoms with Crippen LogP contribution in [-0.2, 0) is 14.6 Å². The molecule has 1 aliphatic rings. The average Bonchev–Trinajstić information content (AvgIpc) is 2.37. The average molecular weight is 314 g/mol. The zero-order valence-electron chi connectivity index (χ0n) is 11.9. The summed E-state index contributed by atoms with van der Waals surface area (Å²) in [6.07, 6.45) is 2.49. The summed E-state index contributed by atoms with van der Waals surface area (Å²) in [6, 6.07) is 4.33. The Labute approximate surface area is 123 Å². The molecule has 1 aromatic carbocycles. The first kappa shape index (κ1) is 15.7. The summed E-state index contributed by atoms with van der Waals surface area (Å²) >= 11 is 0. The van der Waals surface area contributed by atoms with E-state index in [1.165, 1.54) is 18.2 Å². The van der Waals surface area contributed by atoms with E-state index in [2.05, 4.69) is 5.32 Å². The highest BCUT2D eigenvalue weighted by atomic mass is 32.2. The molecule has 1 saturated heterocycles. The number of nitro groups is 1. The van der Waals surface area contributed by atoms with E-state index in [1.54, 1.807) is 0 Å². The van der Waals surface area contributed by atoms with Gasteiger partial charge in [-0.25, -0.2) is 8.42 Å². The standard InChI is InChI=1S/C13H18N2O5S/c1-9-8-10(6-7-20-9)14-11-4-3-5-12(21(2,18)19)13(11)15(16)17/h3-5,9-10,14H,6-8H2,1-2H3. The summed E-state index contributed by atoms with van der Waals surface area (Å²) in [7, 11) is -3.66. The monoisotopic (exact) mass is 314 g/mol. The minimum absolute atomic E-state index is 0.0299. The number of nitrogens with zero attached hydrogens (tertiary/aromatic N) is 1. The van der Waals surface area contributed by atoms with Crippen LogP contribution in [-0.4, -0.2) is 38.3 Å². The van der Waals surface area contributed by atoms with E-state index in [-0.39, 0.29) is 28.4 Å². The molecular weight excluding hydrogens is 296 g/mol. The van der Waals surface area contributed by atoms with Crippen LogP contribution in [0.25, 0.3) is 0 Å². The molecule has 1 aromatic rings. The maximum atomic E-state index is 11.7. The Morgan fingerprint density at radius 1 is 1.43 bits per heavy atom. The van der Waals surface area contributed by atoms with Gasteiger partial charge in [-0.1, -0.05) is 6.07 Å². The lowest BCUT2D eigenvalue weighted by Crippen LogP contribution is -2.32. The van der Waals surface area contributed by atoms with Gasteiger partial charge in [0.15, 0.2) is 9.84 Å². The largest absolute Gasteiger partial charge is 0.378 e. The lowest BCUT2D eigenvalue weighted by molar-refractivity contribution is -0.386. The zero-order chi connectivity index (χ0) is 15.6.